The van der Waals surface area contributed by atoms with E-state index in [9.17, 15) is 4.79 Å². The first-order chi connectivity index (χ1) is 10.1. The molecule has 2 aromatic rings. The minimum atomic E-state index is -0.0383. The van der Waals surface area contributed by atoms with E-state index in [2.05, 4.69) is 10.2 Å². The molecule has 5 heteroatoms. The van der Waals surface area contributed by atoms with Crippen molar-refractivity contribution in [1.82, 2.24) is 4.90 Å². The third-order valence-electron chi connectivity index (χ3n) is 3.36. The molecule has 0 fully saturated rings. The van der Waals surface area contributed by atoms with E-state index in [1.807, 2.05) is 32.2 Å². The van der Waals surface area contributed by atoms with Crippen molar-refractivity contribution < 1.29 is 9.21 Å². The number of carbonyl (C=O) groups excluding carboxylic acids is 1. The summed E-state index contributed by atoms with van der Waals surface area (Å²) < 4.78 is 5.26. The zero-order chi connectivity index (χ0) is 15.2. The number of hydrogen-bond donors (Lipinski definition) is 2. The molecule has 1 aromatic heterocycles. The predicted molar refractivity (Wildman–Crippen MR) is 83.9 cm³/mol. The highest BCUT2D eigenvalue weighted by Crippen LogP contribution is 2.17. The van der Waals surface area contributed by atoms with Crippen LogP contribution >= 0.6 is 0 Å². The van der Waals surface area contributed by atoms with Gasteiger partial charge in [-0.15, -0.1) is 0 Å². The van der Waals surface area contributed by atoms with E-state index in [1.165, 1.54) is 0 Å². The van der Waals surface area contributed by atoms with Gasteiger partial charge in [-0.05, 0) is 32.2 Å². The van der Waals surface area contributed by atoms with Crippen molar-refractivity contribution in [3.8, 4) is 0 Å². The number of para-hydroxylation sites is 2. The van der Waals surface area contributed by atoms with Crippen LogP contribution in [0.1, 0.15) is 17.7 Å². The smallest absolute Gasteiger partial charge is 0.225 e. The van der Waals surface area contributed by atoms with Crippen molar-refractivity contribution in [1.29, 1.82) is 0 Å². The van der Waals surface area contributed by atoms with E-state index in [1.54, 1.807) is 18.4 Å². The molecule has 0 aliphatic carbocycles. The van der Waals surface area contributed by atoms with Gasteiger partial charge in [0.2, 0.25) is 5.91 Å². The summed E-state index contributed by atoms with van der Waals surface area (Å²) >= 11 is 0. The van der Waals surface area contributed by atoms with Crippen LogP contribution in [0.3, 0.4) is 0 Å². The van der Waals surface area contributed by atoms with Crippen LogP contribution in [0.15, 0.2) is 41.0 Å². The number of hydrogen-bond acceptors (Lipinski definition) is 4. The minimum Gasteiger partial charge on any atom is -0.469 e. The second-order valence-electron chi connectivity index (χ2n) is 5.13. The molecule has 0 radical (unpaired) electrons. The van der Waals surface area contributed by atoms with Crippen molar-refractivity contribution in [2.24, 2.45) is 0 Å². The van der Waals surface area contributed by atoms with Crippen LogP contribution in [-0.4, -0.2) is 24.4 Å². The van der Waals surface area contributed by atoms with Crippen molar-refractivity contribution in [2.45, 2.75) is 19.9 Å². The number of aryl methyl sites for hydroxylation is 1. The molecule has 0 saturated carbocycles. The Morgan fingerprint density at radius 3 is 2.76 bits per heavy atom. The topological polar surface area (TPSA) is 71.5 Å². The van der Waals surface area contributed by atoms with E-state index >= 15 is 0 Å². The van der Waals surface area contributed by atoms with Gasteiger partial charge in [-0.3, -0.25) is 4.79 Å². The molecule has 0 aliphatic heterocycles. The number of nitrogens with two attached hydrogens (primary N) is 1. The van der Waals surface area contributed by atoms with Gasteiger partial charge in [0.05, 0.1) is 17.6 Å². The molecule has 0 saturated heterocycles. The van der Waals surface area contributed by atoms with Crippen molar-refractivity contribution in [3.05, 3.63) is 47.9 Å². The lowest BCUT2D eigenvalue weighted by molar-refractivity contribution is -0.116. The highest BCUT2D eigenvalue weighted by Gasteiger charge is 2.09. The third kappa shape index (κ3) is 4.36. The molecule has 112 valence electrons. The largest absolute Gasteiger partial charge is 0.469 e. The highest BCUT2D eigenvalue weighted by molar-refractivity contribution is 5.93. The number of anilines is 2. The molecule has 0 atom stereocenters. The van der Waals surface area contributed by atoms with E-state index < -0.39 is 0 Å². The Morgan fingerprint density at radius 2 is 2.10 bits per heavy atom. The Morgan fingerprint density at radius 1 is 1.33 bits per heavy atom. The van der Waals surface area contributed by atoms with Gasteiger partial charge in [0, 0.05) is 25.1 Å². The summed E-state index contributed by atoms with van der Waals surface area (Å²) in [6.45, 7) is 3.38. The van der Waals surface area contributed by atoms with Gasteiger partial charge in [0.25, 0.3) is 0 Å². The van der Waals surface area contributed by atoms with Crippen molar-refractivity contribution in [3.63, 3.8) is 0 Å². The van der Waals surface area contributed by atoms with Gasteiger partial charge in [0.1, 0.15) is 5.76 Å². The minimum absolute atomic E-state index is 0.0383. The number of carbonyl (C=O) groups is 1. The number of nitrogens with zero attached hydrogens (tertiary/aromatic N) is 1. The fourth-order valence-electron chi connectivity index (χ4n) is 2.06. The summed E-state index contributed by atoms with van der Waals surface area (Å²) in [7, 11) is 1.98. The Hall–Kier alpha value is -2.27. The second kappa shape index (κ2) is 6.95. The molecule has 2 rings (SSSR count). The second-order valence-corrected chi connectivity index (χ2v) is 5.13. The lowest BCUT2D eigenvalue weighted by atomic mass is 10.2. The van der Waals surface area contributed by atoms with E-state index in [0.29, 0.717) is 24.3 Å². The molecule has 1 heterocycles. The number of furan rings is 1. The number of nitrogen functional groups attached to an aromatic ring is 1. The quantitative estimate of drug-likeness (QED) is 0.801. The van der Waals surface area contributed by atoms with Crippen LogP contribution in [0.2, 0.25) is 0 Å². The predicted octanol–water partition coefficient (Wildman–Crippen LogP) is 2.63. The molecule has 21 heavy (non-hydrogen) atoms. The van der Waals surface area contributed by atoms with Crippen LogP contribution in [-0.2, 0) is 11.3 Å². The van der Waals surface area contributed by atoms with Gasteiger partial charge in [-0.1, -0.05) is 12.1 Å². The van der Waals surface area contributed by atoms with Gasteiger partial charge < -0.3 is 20.4 Å². The molecule has 1 aromatic carbocycles. The lowest BCUT2D eigenvalue weighted by Gasteiger charge is -2.16. The SMILES string of the molecule is Cc1occc1CN(C)CCC(=O)Nc1ccccc1N. The summed E-state index contributed by atoms with van der Waals surface area (Å²) in [5.74, 6) is 0.882. The summed E-state index contributed by atoms with van der Waals surface area (Å²) in [6, 6.07) is 9.21. The molecule has 0 unspecified atom stereocenters. The number of rotatable bonds is 6. The van der Waals surface area contributed by atoms with Gasteiger partial charge in [0.15, 0.2) is 0 Å². The molecule has 1 amide bonds. The third-order valence-corrected chi connectivity index (χ3v) is 3.36. The fourth-order valence-corrected chi connectivity index (χ4v) is 2.06. The molecular weight excluding hydrogens is 266 g/mol. The molecule has 0 aliphatic rings. The molecular formula is C16H21N3O2. The highest BCUT2D eigenvalue weighted by atomic mass is 16.3. The number of amides is 1. The molecule has 0 spiro atoms. The van der Waals surface area contributed by atoms with Crippen molar-refractivity contribution in [2.75, 3.05) is 24.6 Å². The first-order valence-corrected chi connectivity index (χ1v) is 6.92. The van der Waals surface area contributed by atoms with E-state index in [4.69, 9.17) is 10.2 Å². The van der Waals surface area contributed by atoms with Crippen LogP contribution in [0.5, 0.6) is 0 Å². The number of nitrogens with one attached hydrogen (secondary N) is 1. The Labute approximate surface area is 124 Å². The van der Waals surface area contributed by atoms with Crippen LogP contribution in [0.4, 0.5) is 11.4 Å². The zero-order valence-corrected chi connectivity index (χ0v) is 12.4. The molecule has 3 N–H and O–H groups in total. The monoisotopic (exact) mass is 287 g/mol. The maximum atomic E-state index is 11.9. The molecule has 0 bridgehead atoms. The summed E-state index contributed by atoms with van der Waals surface area (Å²) in [4.78, 5) is 14.0. The summed E-state index contributed by atoms with van der Waals surface area (Å²) in [5.41, 5.74) is 8.18. The van der Waals surface area contributed by atoms with Crippen LogP contribution in [0.25, 0.3) is 0 Å². The average molecular weight is 287 g/mol. The van der Waals surface area contributed by atoms with Gasteiger partial charge >= 0.3 is 0 Å². The van der Waals surface area contributed by atoms with Gasteiger partial charge in [-0.25, -0.2) is 0 Å². The Bertz CT molecular complexity index is 607. The van der Waals surface area contributed by atoms with Crippen molar-refractivity contribution >= 4 is 17.3 Å². The summed E-state index contributed by atoms with van der Waals surface area (Å²) in [5, 5.41) is 2.83. The number of benzene rings is 1. The zero-order valence-electron chi connectivity index (χ0n) is 12.4. The molecule has 5 nitrogen and oxygen atoms in total. The normalized spacial score (nSPS) is 10.8. The average Bonchev–Trinajstić information content (AvgIpc) is 2.85. The van der Waals surface area contributed by atoms with E-state index in [0.717, 1.165) is 17.9 Å². The summed E-state index contributed by atoms with van der Waals surface area (Å²) in [6.07, 6.45) is 2.10. The van der Waals surface area contributed by atoms with Gasteiger partial charge in [-0.2, -0.15) is 0 Å². The van der Waals surface area contributed by atoms with E-state index in [-0.39, 0.29) is 5.91 Å². The first-order valence-electron chi connectivity index (χ1n) is 6.92. The Balaban J connectivity index is 1.79. The van der Waals surface area contributed by atoms with Crippen LogP contribution in [0, 0.1) is 6.92 Å². The van der Waals surface area contributed by atoms with Crippen LogP contribution < -0.4 is 11.1 Å². The maximum Gasteiger partial charge on any atom is 0.225 e. The standard InChI is InChI=1S/C16H21N3O2/c1-12-13(8-10-21-12)11-19(2)9-7-16(20)18-15-6-4-3-5-14(15)17/h3-6,8,10H,7,9,11,17H2,1-2H3,(H,18,20). The Kier molecular flexibility index (Phi) is 5.00. The maximum absolute atomic E-state index is 11.9. The first kappa shape index (κ1) is 15.1. The fraction of sp³-hybridized carbons (Fsp3) is 0.312. The lowest BCUT2D eigenvalue weighted by Crippen LogP contribution is -2.24.